The Kier molecular flexibility index (Phi) is 8.30. The van der Waals surface area contributed by atoms with Crippen molar-refractivity contribution in [2.24, 2.45) is 10.7 Å². The lowest BCUT2D eigenvalue weighted by Gasteiger charge is -2.09. The van der Waals surface area contributed by atoms with Crippen LogP contribution in [0, 0.1) is 17.1 Å². The molecular formula is C17H15F4IN4O. The van der Waals surface area contributed by atoms with E-state index in [1.165, 1.54) is 42.5 Å². The lowest BCUT2D eigenvalue weighted by atomic mass is 10.1. The first kappa shape index (κ1) is 22.5. The molecule has 27 heavy (non-hydrogen) atoms. The normalized spacial score (nSPS) is 11.3. The minimum Gasteiger partial charge on any atom is -0.406 e. The van der Waals surface area contributed by atoms with Gasteiger partial charge in [-0.2, -0.15) is 5.26 Å². The highest BCUT2D eigenvalue weighted by atomic mass is 127. The summed E-state index contributed by atoms with van der Waals surface area (Å²) < 4.78 is 53.7. The van der Waals surface area contributed by atoms with Gasteiger partial charge in [-0.3, -0.25) is 0 Å². The molecular weight excluding hydrogens is 479 g/mol. The number of ether oxygens (including phenoxy) is 1. The van der Waals surface area contributed by atoms with Crippen LogP contribution in [0.15, 0.2) is 47.5 Å². The van der Waals surface area contributed by atoms with Crippen LogP contribution in [0.2, 0.25) is 0 Å². The van der Waals surface area contributed by atoms with Gasteiger partial charge in [0.25, 0.3) is 0 Å². The van der Waals surface area contributed by atoms with E-state index < -0.39 is 12.2 Å². The van der Waals surface area contributed by atoms with Crippen molar-refractivity contribution in [3.8, 4) is 11.8 Å². The number of nitrogens with one attached hydrogen (secondary N) is 1. The highest BCUT2D eigenvalue weighted by molar-refractivity contribution is 14.0. The zero-order valence-electron chi connectivity index (χ0n) is 13.8. The van der Waals surface area contributed by atoms with Gasteiger partial charge in [0, 0.05) is 12.1 Å². The van der Waals surface area contributed by atoms with Crippen LogP contribution in [0.5, 0.6) is 5.75 Å². The molecule has 0 atom stereocenters. The maximum Gasteiger partial charge on any atom is 0.573 e. The molecule has 0 fully saturated rings. The molecule has 0 bridgehead atoms. The largest absolute Gasteiger partial charge is 0.573 e. The molecule has 0 aromatic heterocycles. The molecule has 0 aliphatic heterocycles. The minimum atomic E-state index is -4.74. The van der Waals surface area contributed by atoms with Crippen molar-refractivity contribution in [3.05, 3.63) is 65.0 Å². The Morgan fingerprint density at radius 1 is 1.19 bits per heavy atom. The lowest BCUT2D eigenvalue weighted by molar-refractivity contribution is -0.274. The van der Waals surface area contributed by atoms with Gasteiger partial charge in [0.2, 0.25) is 0 Å². The Morgan fingerprint density at radius 2 is 1.85 bits per heavy atom. The van der Waals surface area contributed by atoms with Crippen LogP contribution in [-0.2, 0) is 13.1 Å². The van der Waals surface area contributed by atoms with E-state index in [1.807, 2.05) is 6.07 Å². The summed E-state index contributed by atoms with van der Waals surface area (Å²) in [5, 5.41) is 11.5. The molecule has 0 saturated carbocycles. The monoisotopic (exact) mass is 494 g/mol. The molecule has 0 aliphatic rings. The van der Waals surface area contributed by atoms with E-state index in [0.717, 1.165) is 0 Å². The van der Waals surface area contributed by atoms with Gasteiger partial charge in [0.05, 0.1) is 18.2 Å². The second-order valence-corrected chi connectivity index (χ2v) is 5.16. The van der Waals surface area contributed by atoms with E-state index in [-0.39, 0.29) is 54.3 Å². The van der Waals surface area contributed by atoms with Crippen molar-refractivity contribution in [3.63, 3.8) is 0 Å². The Balaban J connectivity index is 0.00000364. The van der Waals surface area contributed by atoms with Crippen LogP contribution in [-0.4, -0.2) is 12.3 Å². The number of halogens is 5. The number of aliphatic imine (C=N–C) groups is 1. The van der Waals surface area contributed by atoms with Crippen molar-refractivity contribution in [2.75, 3.05) is 0 Å². The van der Waals surface area contributed by atoms with Crippen molar-refractivity contribution in [2.45, 2.75) is 19.5 Å². The molecule has 2 aromatic carbocycles. The van der Waals surface area contributed by atoms with Crippen LogP contribution in [0.25, 0.3) is 0 Å². The van der Waals surface area contributed by atoms with Crippen LogP contribution in [0.4, 0.5) is 17.6 Å². The summed E-state index contributed by atoms with van der Waals surface area (Å²) in [6.45, 7) is 0.154. The summed E-state index contributed by atoms with van der Waals surface area (Å²) >= 11 is 0. The lowest BCUT2D eigenvalue weighted by Crippen LogP contribution is -2.31. The number of benzene rings is 2. The fourth-order valence-corrected chi connectivity index (χ4v) is 1.99. The third kappa shape index (κ3) is 7.69. The van der Waals surface area contributed by atoms with Gasteiger partial charge in [-0.1, -0.05) is 12.1 Å². The SMILES string of the molecule is I.N#Cc1ccc(F)c(CNC(N)=NCc2ccc(OC(F)(F)F)cc2)c1. The predicted molar refractivity (Wildman–Crippen MR) is 102 cm³/mol. The van der Waals surface area contributed by atoms with Crippen molar-refractivity contribution >= 4 is 29.9 Å². The number of nitriles is 1. The maximum atomic E-state index is 13.6. The summed E-state index contributed by atoms with van der Waals surface area (Å²) in [6.07, 6.45) is -4.74. The smallest absolute Gasteiger partial charge is 0.406 e. The van der Waals surface area contributed by atoms with Gasteiger partial charge < -0.3 is 15.8 Å². The third-order valence-corrected chi connectivity index (χ3v) is 3.22. The molecule has 144 valence electrons. The molecule has 0 unspecified atom stereocenters. The number of rotatable bonds is 5. The van der Waals surface area contributed by atoms with E-state index in [4.69, 9.17) is 11.0 Å². The Morgan fingerprint density at radius 3 is 2.44 bits per heavy atom. The summed E-state index contributed by atoms with van der Waals surface area (Å²) in [7, 11) is 0. The molecule has 0 saturated heterocycles. The number of alkyl halides is 3. The molecule has 3 N–H and O–H groups in total. The van der Waals surface area contributed by atoms with Crippen molar-refractivity contribution in [1.29, 1.82) is 5.26 Å². The number of nitrogens with zero attached hydrogens (tertiary/aromatic N) is 2. The molecule has 0 amide bonds. The van der Waals surface area contributed by atoms with Gasteiger partial charge in [-0.25, -0.2) is 9.38 Å². The minimum absolute atomic E-state index is 0. The number of hydrogen-bond acceptors (Lipinski definition) is 3. The maximum absolute atomic E-state index is 13.6. The van der Waals surface area contributed by atoms with E-state index in [2.05, 4.69) is 15.0 Å². The highest BCUT2D eigenvalue weighted by Crippen LogP contribution is 2.22. The van der Waals surface area contributed by atoms with Crippen LogP contribution >= 0.6 is 24.0 Å². The van der Waals surface area contributed by atoms with Crippen LogP contribution < -0.4 is 15.8 Å². The summed E-state index contributed by atoms with van der Waals surface area (Å²) in [4.78, 5) is 4.02. The highest BCUT2D eigenvalue weighted by Gasteiger charge is 2.30. The zero-order valence-corrected chi connectivity index (χ0v) is 16.1. The van der Waals surface area contributed by atoms with Crippen molar-refractivity contribution in [1.82, 2.24) is 5.32 Å². The molecule has 10 heteroatoms. The molecule has 2 rings (SSSR count). The number of hydrogen-bond donors (Lipinski definition) is 2. The van der Waals surface area contributed by atoms with Crippen molar-refractivity contribution < 1.29 is 22.3 Å². The second kappa shape index (κ2) is 9.96. The average Bonchev–Trinajstić information content (AvgIpc) is 2.59. The summed E-state index contributed by atoms with van der Waals surface area (Å²) in [5.41, 5.74) is 6.87. The van der Waals surface area contributed by atoms with E-state index >= 15 is 0 Å². The molecule has 0 aliphatic carbocycles. The Labute approximate surface area is 169 Å². The topological polar surface area (TPSA) is 83.4 Å². The Bertz CT molecular complexity index is 832. The van der Waals surface area contributed by atoms with E-state index in [0.29, 0.717) is 11.1 Å². The van der Waals surface area contributed by atoms with E-state index in [1.54, 1.807) is 0 Å². The fourth-order valence-electron chi connectivity index (χ4n) is 1.99. The number of nitrogens with two attached hydrogens (primary N) is 1. The quantitative estimate of drug-likeness (QED) is 0.287. The summed E-state index contributed by atoms with van der Waals surface area (Å²) in [6, 6.07) is 11.1. The first-order valence-electron chi connectivity index (χ1n) is 7.34. The first-order chi connectivity index (χ1) is 12.3. The third-order valence-electron chi connectivity index (χ3n) is 3.22. The van der Waals surface area contributed by atoms with Gasteiger partial charge in [-0.05, 0) is 35.9 Å². The van der Waals surface area contributed by atoms with Gasteiger partial charge in [0.1, 0.15) is 11.6 Å². The summed E-state index contributed by atoms with van der Waals surface area (Å²) in [5.74, 6) is -0.781. The van der Waals surface area contributed by atoms with Crippen LogP contribution in [0.1, 0.15) is 16.7 Å². The van der Waals surface area contributed by atoms with E-state index in [9.17, 15) is 17.6 Å². The number of guanidine groups is 1. The standard InChI is InChI=1S/C17H14F4N4O.HI/c18-15-6-3-12(8-22)7-13(15)10-25-16(23)24-9-11-1-4-14(5-2-11)26-17(19,20)21;/h1-7H,9-10H2,(H3,23,24,25);1H. The fraction of sp³-hybridized carbons (Fsp3) is 0.176. The molecule has 5 nitrogen and oxygen atoms in total. The van der Waals surface area contributed by atoms with Gasteiger partial charge in [0.15, 0.2) is 5.96 Å². The predicted octanol–water partition coefficient (Wildman–Crippen LogP) is 3.82. The Hall–Kier alpha value is -2.55. The van der Waals surface area contributed by atoms with Crippen LogP contribution in [0.3, 0.4) is 0 Å². The first-order valence-corrected chi connectivity index (χ1v) is 7.34. The molecule has 0 radical (unpaired) electrons. The van der Waals surface area contributed by atoms with Gasteiger partial charge in [-0.15, -0.1) is 37.1 Å². The second-order valence-electron chi connectivity index (χ2n) is 5.16. The molecule has 2 aromatic rings. The average molecular weight is 494 g/mol. The molecule has 0 spiro atoms. The molecule has 0 heterocycles. The van der Waals surface area contributed by atoms with Gasteiger partial charge >= 0.3 is 6.36 Å². The zero-order chi connectivity index (χ0) is 19.2.